The molecule has 0 atom stereocenters. The summed E-state index contributed by atoms with van der Waals surface area (Å²) < 4.78 is 99.1. The molecule has 0 spiro atoms. The van der Waals surface area contributed by atoms with E-state index in [2.05, 4.69) is 219 Å². The molecule has 0 aromatic heterocycles. The third-order valence-corrected chi connectivity index (χ3v) is 11.5. The van der Waals surface area contributed by atoms with Crippen molar-refractivity contribution in [1.82, 2.24) is 0 Å². The van der Waals surface area contributed by atoms with Gasteiger partial charge in [-0.25, -0.2) is 9.80 Å². The van der Waals surface area contributed by atoms with Gasteiger partial charge < -0.3 is 29.0 Å². The summed E-state index contributed by atoms with van der Waals surface area (Å²) in [5.74, 6) is 0. The average Bonchev–Trinajstić information content (AvgIpc) is 3.35. The van der Waals surface area contributed by atoms with Gasteiger partial charge in [-0.05, 0) is 87.4 Å². The number of anilines is 4. The van der Waals surface area contributed by atoms with Crippen molar-refractivity contribution in [3.63, 3.8) is 0 Å². The van der Waals surface area contributed by atoms with Crippen molar-refractivity contribution in [2.24, 2.45) is 0 Å². The topological polar surface area (TPSA) is 21.8 Å². The van der Waals surface area contributed by atoms with Crippen LogP contribution in [0.5, 0.6) is 0 Å². The first-order chi connectivity index (χ1) is 34.8. The van der Waals surface area contributed by atoms with E-state index in [-0.39, 0.29) is 20.8 Å². The van der Waals surface area contributed by atoms with Gasteiger partial charge in [0.2, 0.25) is 0 Å². The number of nitrogens with one attached hydrogen (secondary N) is 2. The molecule has 2 N–H and O–H groups in total. The zero-order chi connectivity index (χ0) is 55.0. The van der Waals surface area contributed by atoms with Gasteiger partial charge in [0.05, 0.1) is 12.4 Å². The molecule has 0 saturated carbocycles. The number of unbranched alkanes of at least 4 members (excludes halogenated alkanes) is 4. The van der Waals surface area contributed by atoms with E-state index in [9.17, 15) is 28.1 Å². The van der Waals surface area contributed by atoms with Gasteiger partial charge in [0.15, 0.2) is 0 Å². The molecule has 0 bridgehead atoms. The van der Waals surface area contributed by atoms with Crippen molar-refractivity contribution in [3.05, 3.63) is 170 Å². The molecule has 0 saturated heterocycles. The van der Waals surface area contributed by atoms with Gasteiger partial charge in [-0.2, -0.15) is 0 Å². The molecular formula is C56H86F12N6Sb2. The number of rotatable bonds is 24. The van der Waals surface area contributed by atoms with Crippen LogP contribution in [-0.4, -0.2) is 80.9 Å². The van der Waals surface area contributed by atoms with Gasteiger partial charge in [-0.3, -0.25) is 0 Å². The van der Waals surface area contributed by atoms with E-state index in [1.807, 2.05) is 12.4 Å². The van der Waals surface area contributed by atoms with Crippen LogP contribution in [0.1, 0.15) is 90.5 Å². The van der Waals surface area contributed by atoms with E-state index in [1.165, 1.54) is 63.9 Å². The Balaban J connectivity index is -0.000000396. The maximum Gasteiger partial charge on any atom is 0 e. The van der Waals surface area contributed by atoms with Gasteiger partial charge >= 0.3 is 68.7 Å². The fraction of sp³-hybridized carbons (Fsp3) is 0.321. The minimum Gasteiger partial charge on any atom is 0 e. The van der Waals surface area contributed by atoms with Gasteiger partial charge in [0.1, 0.15) is 34.1 Å². The van der Waals surface area contributed by atoms with E-state index in [0.29, 0.717) is 0 Å². The summed E-state index contributed by atoms with van der Waals surface area (Å²) in [5, 5.41) is 0. The molecule has 0 aliphatic heterocycles. The van der Waals surface area contributed by atoms with Crippen LogP contribution in [-0.2, 0) is 0 Å². The molecule has 6 nitrogen and oxygen atoms in total. The van der Waals surface area contributed by atoms with Gasteiger partial charge in [0, 0.05) is 147 Å². The Kier molecular flexibility index (Phi) is 29.2. The monoisotopic (exact) mass is 1310 g/mol. The fourth-order valence-corrected chi connectivity index (χ4v) is 7.70. The molecule has 5 aromatic carbocycles. The molecule has 0 unspecified atom stereocenters. The molecular weight excluding hydrogens is 1230 g/mol. The van der Waals surface area contributed by atoms with Crippen LogP contribution in [0.25, 0.3) is 0 Å². The third-order valence-electron chi connectivity index (χ3n) is 11.5. The van der Waals surface area contributed by atoms with Crippen LogP contribution in [0.3, 0.4) is 0 Å². The molecule has 0 amide bonds. The SMILES string of the molecule is C=C=C=CN(CCCC)c1ccc([NH+](c2ccc(N(C=C=C=C)CCCC)cc2)c2ccc([NH+](c3ccc(N(C)CCCC)cc3)c3ccc(N(C)CCCC)cc3)cc2)cc1.[F-].[F-].[F][Sb]([F])([F])([F])[F].[F][Sb]([F])([F])([F])[F].[HH].[HH].[HH].[HH].[HH].[HH].[HH].[HH]. The Labute approximate surface area is 462 Å². The summed E-state index contributed by atoms with van der Waals surface area (Å²) in [6, 6.07) is 45.3. The Morgan fingerprint density at radius 1 is 0.395 bits per heavy atom. The number of halogens is 12. The summed E-state index contributed by atoms with van der Waals surface area (Å²) in [6.07, 6.45) is 13.0. The molecule has 5 aromatic rings. The third kappa shape index (κ3) is 26.6. The zero-order valence-corrected chi connectivity index (χ0v) is 48.9. The molecule has 5 rings (SSSR count). The Morgan fingerprint density at radius 3 is 0.803 bits per heavy atom. The molecule has 20 heteroatoms. The summed E-state index contributed by atoms with van der Waals surface area (Å²) in [4.78, 5) is 11.6. The van der Waals surface area contributed by atoms with Crippen molar-refractivity contribution in [2.75, 3.05) is 59.9 Å². The van der Waals surface area contributed by atoms with E-state index >= 15 is 0 Å². The summed E-state index contributed by atoms with van der Waals surface area (Å²) >= 11 is -18.4. The zero-order valence-electron chi connectivity index (χ0n) is 43.8. The predicted octanol–water partition coefficient (Wildman–Crippen LogP) is 12.1. The molecule has 0 radical (unpaired) electrons. The number of benzene rings is 5. The molecule has 0 fully saturated rings. The molecule has 76 heavy (non-hydrogen) atoms. The molecule has 0 aliphatic rings. The van der Waals surface area contributed by atoms with E-state index in [1.54, 1.807) is 0 Å². The van der Waals surface area contributed by atoms with Gasteiger partial charge in [0.25, 0.3) is 0 Å². The maximum atomic E-state index is 9.91. The van der Waals surface area contributed by atoms with Crippen molar-refractivity contribution < 1.29 is 58.8 Å². The summed E-state index contributed by atoms with van der Waals surface area (Å²) in [7, 11) is 4.38. The van der Waals surface area contributed by atoms with Crippen molar-refractivity contribution in [3.8, 4) is 0 Å². The standard InChI is InChI=1S/C56H68N6.12FH.2Sb.8H2/c1-9-15-41-57(7)47-21-29-51(30-22-47)61(52-31-23-48(24-32-52)58(8)42-16-10-2)55-37-39-56(40-38-55)62(53-33-25-49(26-34-53)59(43-17-11-3)44-18-12-4)54-35-27-50(28-36-54)60(45-19-13-5)46-20-14-6;;;;;;;;;;;;;;;;;;;;;;/h21-40,43,45H,3,5,9-10,12,14-16,18,20,41-42,44,46H2,1-2,4,6-8H3;12*1H;;;8*1H/q;;;;;;;;;;;;;2*+5;;;;;;;;/p-10. The predicted molar refractivity (Wildman–Crippen MR) is 307 cm³/mol. The molecule has 0 heterocycles. The number of hydrogen-bond acceptors (Lipinski definition) is 4. The number of nitrogens with zero attached hydrogens (tertiary/aromatic N) is 4. The first kappa shape index (κ1) is 68.6. The number of hydrogen-bond donors (Lipinski definition) is 2. The summed E-state index contributed by atoms with van der Waals surface area (Å²) in [6.45, 7) is 20.3. The number of quaternary nitrogens is 2. The summed E-state index contributed by atoms with van der Waals surface area (Å²) in [5.41, 5.74) is 23.5. The van der Waals surface area contributed by atoms with Gasteiger partial charge in [-0.15, -0.1) is 0 Å². The first-order valence-corrected chi connectivity index (χ1v) is 34.1. The average molecular weight is 1310 g/mol. The normalized spacial score (nSPS) is 12.1. The largest absolute Gasteiger partial charge is 0 e. The minimum atomic E-state index is -9.19. The van der Waals surface area contributed by atoms with Crippen LogP contribution in [0, 0.1) is 0 Å². The first-order valence-electron chi connectivity index (χ1n) is 24.5. The van der Waals surface area contributed by atoms with E-state index in [0.717, 1.165) is 80.3 Å². The van der Waals surface area contributed by atoms with Crippen LogP contribution in [0.15, 0.2) is 170 Å². The minimum absolute atomic E-state index is 0. The second-order valence-electron chi connectivity index (χ2n) is 17.3. The smallest absolute Gasteiger partial charge is 0 e. The quantitative estimate of drug-likeness (QED) is 0.0365. The molecule has 0 aliphatic carbocycles. The van der Waals surface area contributed by atoms with Crippen LogP contribution >= 0.6 is 0 Å². The van der Waals surface area contributed by atoms with Crippen LogP contribution in [0.4, 0.5) is 85.0 Å². The van der Waals surface area contributed by atoms with Crippen LogP contribution < -0.4 is 38.8 Å². The van der Waals surface area contributed by atoms with E-state index in [4.69, 9.17) is 0 Å². The van der Waals surface area contributed by atoms with Crippen molar-refractivity contribution in [2.45, 2.75) is 79.1 Å². The fourth-order valence-electron chi connectivity index (χ4n) is 7.70. The second kappa shape index (κ2) is 32.4. The van der Waals surface area contributed by atoms with E-state index < -0.39 is 40.6 Å². The Hall–Kier alpha value is -5.38. The Bertz CT molecular complexity index is 2480. The second-order valence-corrected chi connectivity index (χ2v) is 24.6. The molecule has 434 valence electrons. The van der Waals surface area contributed by atoms with Gasteiger partial charge in [-0.1, -0.05) is 76.3 Å². The van der Waals surface area contributed by atoms with Crippen LogP contribution in [0.2, 0.25) is 0 Å². The van der Waals surface area contributed by atoms with Crippen molar-refractivity contribution >= 4 is 97.5 Å². The van der Waals surface area contributed by atoms with Crippen molar-refractivity contribution in [1.29, 1.82) is 0 Å². The Morgan fingerprint density at radius 2 is 0.592 bits per heavy atom. The maximum absolute atomic E-state index is 9.91.